The van der Waals surface area contributed by atoms with Gasteiger partial charge >= 0.3 is 0 Å². The molecule has 0 bridgehead atoms. The first-order valence-corrected chi connectivity index (χ1v) is 10.8. The van der Waals surface area contributed by atoms with E-state index >= 15 is 0 Å². The molecule has 4 rings (SSSR count). The monoisotopic (exact) mass is 552 g/mol. The van der Waals surface area contributed by atoms with Gasteiger partial charge in [0.1, 0.15) is 23.2 Å². The van der Waals surface area contributed by atoms with Gasteiger partial charge in [-0.3, -0.25) is 4.79 Å². The standard InChI is InChI=1S/C22H19F2IN4O3/c1-12-18(10-27-21(25)28-12)32-11-22(13-5-15(24)7-16(6-13)31-2)8-17(22)20(30)29-19-4-3-14(23)9-26-19/h3-7,9-10,17H,8,11H2,1-2H3,(H,26,29,30)/t17-,22+/m0/s1. The lowest BCUT2D eigenvalue weighted by Crippen LogP contribution is -2.27. The minimum atomic E-state index is -0.783. The number of carbonyl (C=O) groups excluding carboxylic acids is 1. The first kappa shape index (κ1) is 22.3. The highest BCUT2D eigenvalue weighted by molar-refractivity contribution is 14.1. The molecule has 1 amide bonds. The number of ether oxygens (including phenoxy) is 2. The molecule has 32 heavy (non-hydrogen) atoms. The molecule has 1 aliphatic rings. The molecule has 0 saturated heterocycles. The molecule has 1 N–H and O–H groups in total. The van der Waals surface area contributed by atoms with Crippen LogP contribution in [0.25, 0.3) is 0 Å². The van der Waals surface area contributed by atoms with E-state index in [4.69, 9.17) is 9.47 Å². The van der Waals surface area contributed by atoms with Crippen LogP contribution < -0.4 is 14.8 Å². The Labute approximate surface area is 196 Å². The third-order valence-electron chi connectivity index (χ3n) is 5.44. The van der Waals surface area contributed by atoms with Crippen LogP contribution >= 0.6 is 22.6 Å². The number of pyridine rings is 1. The maximum absolute atomic E-state index is 14.3. The smallest absolute Gasteiger partial charge is 0.229 e. The maximum atomic E-state index is 14.3. The summed E-state index contributed by atoms with van der Waals surface area (Å²) in [7, 11) is 1.45. The van der Waals surface area contributed by atoms with Gasteiger partial charge in [-0.2, -0.15) is 0 Å². The fourth-order valence-corrected chi connectivity index (χ4v) is 4.12. The predicted molar refractivity (Wildman–Crippen MR) is 121 cm³/mol. The van der Waals surface area contributed by atoms with E-state index in [0.717, 1.165) is 6.20 Å². The lowest BCUT2D eigenvalue weighted by molar-refractivity contribution is -0.117. The highest BCUT2D eigenvalue weighted by Gasteiger charge is 2.60. The highest BCUT2D eigenvalue weighted by atomic mass is 127. The molecule has 0 unspecified atom stereocenters. The Bertz CT molecular complexity index is 1160. The number of aryl methyl sites for hydroxylation is 1. The number of nitrogens with one attached hydrogen (secondary N) is 1. The summed E-state index contributed by atoms with van der Waals surface area (Å²) in [6.07, 6.45) is 3.02. The van der Waals surface area contributed by atoms with Gasteiger partial charge in [-0.1, -0.05) is 0 Å². The maximum Gasteiger partial charge on any atom is 0.229 e. The van der Waals surface area contributed by atoms with Gasteiger partial charge < -0.3 is 14.8 Å². The molecule has 7 nitrogen and oxygen atoms in total. The van der Waals surface area contributed by atoms with Crippen molar-refractivity contribution in [3.8, 4) is 11.5 Å². The van der Waals surface area contributed by atoms with E-state index in [1.54, 1.807) is 19.2 Å². The van der Waals surface area contributed by atoms with Crippen LogP contribution in [0.15, 0.2) is 42.7 Å². The lowest BCUT2D eigenvalue weighted by atomic mass is 9.93. The van der Waals surface area contributed by atoms with Crippen LogP contribution in [0.2, 0.25) is 0 Å². The molecule has 2 heterocycles. The lowest BCUT2D eigenvalue weighted by Gasteiger charge is -2.20. The number of carbonyl (C=O) groups is 1. The molecule has 0 radical (unpaired) electrons. The van der Waals surface area contributed by atoms with Gasteiger partial charge in [-0.15, -0.1) is 0 Å². The van der Waals surface area contributed by atoms with Gasteiger partial charge in [-0.05, 0) is 43.2 Å². The summed E-state index contributed by atoms with van der Waals surface area (Å²) in [5.74, 6) is -0.731. The number of hydrogen-bond donors (Lipinski definition) is 1. The van der Waals surface area contributed by atoms with Crippen molar-refractivity contribution >= 4 is 34.3 Å². The van der Waals surface area contributed by atoms with Gasteiger partial charge in [-0.25, -0.2) is 23.7 Å². The molecule has 2 aromatic heterocycles. The fourth-order valence-electron chi connectivity index (χ4n) is 3.62. The Hall–Kier alpha value is -2.89. The van der Waals surface area contributed by atoms with Crippen molar-refractivity contribution in [3.63, 3.8) is 0 Å². The summed E-state index contributed by atoms with van der Waals surface area (Å²) in [5, 5.41) is 2.69. The normalized spacial score (nSPS) is 19.3. The molecule has 0 spiro atoms. The van der Waals surface area contributed by atoms with E-state index in [-0.39, 0.29) is 18.3 Å². The Morgan fingerprint density at radius 2 is 2.03 bits per heavy atom. The number of anilines is 1. The number of halogens is 3. The van der Waals surface area contributed by atoms with Gasteiger partial charge in [0.2, 0.25) is 5.91 Å². The zero-order chi connectivity index (χ0) is 22.9. The first-order valence-electron chi connectivity index (χ1n) is 9.70. The van der Waals surface area contributed by atoms with E-state index in [1.165, 1.54) is 31.4 Å². The first-order chi connectivity index (χ1) is 15.3. The number of hydrogen-bond acceptors (Lipinski definition) is 6. The Morgan fingerprint density at radius 1 is 1.22 bits per heavy atom. The number of benzene rings is 1. The average molecular weight is 552 g/mol. The number of amides is 1. The van der Waals surface area contributed by atoms with Crippen LogP contribution in [0.3, 0.4) is 0 Å². The van der Waals surface area contributed by atoms with E-state index < -0.39 is 23.0 Å². The fraction of sp³-hybridized carbons (Fsp3) is 0.273. The quantitative estimate of drug-likeness (QED) is 0.352. The largest absolute Gasteiger partial charge is 0.497 e. The molecule has 0 aliphatic heterocycles. The third-order valence-corrected chi connectivity index (χ3v) is 5.96. The number of nitrogens with zero attached hydrogens (tertiary/aromatic N) is 3. The van der Waals surface area contributed by atoms with Crippen LogP contribution in [0, 0.1) is 28.3 Å². The van der Waals surface area contributed by atoms with Crippen molar-refractivity contribution < 1.29 is 23.0 Å². The van der Waals surface area contributed by atoms with Crippen LogP contribution in [-0.4, -0.2) is 34.6 Å². The van der Waals surface area contributed by atoms with E-state index in [1.807, 2.05) is 22.6 Å². The van der Waals surface area contributed by atoms with Crippen LogP contribution in [0.4, 0.5) is 14.6 Å². The van der Waals surface area contributed by atoms with Gasteiger partial charge in [0.25, 0.3) is 0 Å². The third kappa shape index (κ3) is 4.64. The van der Waals surface area contributed by atoms with Crippen LogP contribution in [0.5, 0.6) is 11.5 Å². The second kappa shape index (κ2) is 8.93. The molecule has 1 fully saturated rings. The molecule has 1 aliphatic carbocycles. The molecule has 166 valence electrons. The summed E-state index contributed by atoms with van der Waals surface area (Å²) in [6, 6.07) is 6.95. The van der Waals surface area contributed by atoms with Crippen molar-refractivity contribution in [1.82, 2.24) is 15.0 Å². The number of methoxy groups -OCH3 is 1. The zero-order valence-electron chi connectivity index (χ0n) is 17.2. The summed E-state index contributed by atoms with van der Waals surface area (Å²) in [4.78, 5) is 25.3. The zero-order valence-corrected chi connectivity index (χ0v) is 19.4. The molecule has 1 saturated carbocycles. The Kier molecular flexibility index (Phi) is 6.22. The predicted octanol–water partition coefficient (Wildman–Crippen LogP) is 4.05. The second-order valence-electron chi connectivity index (χ2n) is 7.52. The summed E-state index contributed by atoms with van der Waals surface area (Å²) < 4.78 is 39.2. The second-order valence-corrected chi connectivity index (χ2v) is 8.49. The molecular weight excluding hydrogens is 533 g/mol. The average Bonchev–Trinajstić information content (AvgIpc) is 3.50. The molecule has 3 aromatic rings. The SMILES string of the molecule is COc1cc(F)cc([C@]2(COc3cnc(I)nc3C)C[C@H]2C(=O)Nc2ccc(F)cn2)c1. The van der Waals surface area contributed by atoms with E-state index in [2.05, 4.69) is 20.3 Å². The summed E-state index contributed by atoms with van der Waals surface area (Å²) in [5.41, 5.74) is 0.466. The minimum absolute atomic E-state index is 0.110. The van der Waals surface area contributed by atoms with Crippen LogP contribution in [0.1, 0.15) is 17.7 Å². The van der Waals surface area contributed by atoms with Crippen LogP contribution in [-0.2, 0) is 10.2 Å². The molecule has 10 heteroatoms. The Balaban J connectivity index is 1.61. The van der Waals surface area contributed by atoms with Crippen molar-refractivity contribution in [1.29, 1.82) is 0 Å². The summed E-state index contributed by atoms with van der Waals surface area (Å²) in [6.45, 7) is 1.91. The topological polar surface area (TPSA) is 86.2 Å². The number of aromatic nitrogens is 3. The highest BCUT2D eigenvalue weighted by Crippen LogP contribution is 2.55. The minimum Gasteiger partial charge on any atom is -0.497 e. The van der Waals surface area contributed by atoms with Gasteiger partial charge in [0.05, 0.1) is 37.7 Å². The van der Waals surface area contributed by atoms with Crippen molar-refractivity contribution in [3.05, 3.63) is 69.4 Å². The van der Waals surface area contributed by atoms with E-state index in [9.17, 15) is 13.6 Å². The Morgan fingerprint density at radius 3 is 2.72 bits per heavy atom. The van der Waals surface area contributed by atoms with Gasteiger partial charge in [0, 0.05) is 34.1 Å². The van der Waals surface area contributed by atoms with Crippen molar-refractivity contribution in [2.45, 2.75) is 18.8 Å². The van der Waals surface area contributed by atoms with Crippen molar-refractivity contribution in [2.75, 3.05) is 19.0 Å². The number of rotatable bonds is 7. The molecule has 1 aromatic carbocycles. The molecular formula is C22H19F2IN4O3. The van der Waals surface area contributed by atoms with E-state index in [0.29, 0.717) is 33.0 Å². The van der Waals surface area contributed by atoms with Gasteiger partial charge in [0.15, 0.2) is 9.58 Å². The van der Waals surface area contributed by atoms with Crippen molar-refractivity contribution in [2.24, 2.45) is 5.92 Å². The molecule has 2 atom stereocenters. The summed E-state index contributed by atoms with van der Waals surface area (Å²) >= 11 is 2.01.